The summed E-state index contributed by atoms with van der Waals surface area (Å²) in [5, 5.41) is 9.09. The van der Waals surface area contributed by atoms with Crippen molar-refractivity contribution in [3.05, 3.63) is 48.0 Å². The summed E-state index contributed by atoms with van der Waals surface area (Å²) in [4.78, 5) is 19.8. The van der Waals surface area contributed by atoms with E-state index in [1.165, 1.54) is 6.07 Å². The van der Waals surface area contributed by atoms with Gasteiger partial charge in [-0.05, 0) is 24.3 Å². The Bertz CT molecular complexity index is 743. The summed E-state index contributed by atoms with van der Waals surface area (Å²) in [6.45, 7) is 0. The van der Waals surface area contributed by atoms with E-state index in [0.29, 0.717) is 16.6 Å². The third kappa shape index (κ3) is 1.87. The number of aromatic nitrogens is 2. The fraction of sp³-hybridized carbons (Fsp3) is 0. The van der Waals surface area contributed by atoms with E-state index in [4.69, 9.17) is 5.11 Å². The van der Waals surface area contributed by atoms with Gasteiger partial charge >= 0.3 is 5.97 Å². The quantitative estimate of drug-likeness (QED) is 0.684. The Morgan fingerprint density at radius 3 is 2.17 bits per heavy atom. The van der Waals surface area contributed by atoms with Crippen molar-refractivity contribution in [2.45, 2.75) is 0 Å². The number of benzene rings is 2. The molecule has 0 saturated heterocycles. The molecule has 0 atom stereocenters. The molecule has 1 N–H and O–H groups in total. The van der Waals surface area contributed by atoms with Gasteiger partial charge < -0.3 is 5.11 Å². The first-order valence-corrected chi connectivity index (χ1v) is 5.14. The Hall–Kier alpha value is -2.20. The molecule has 0 amide bonds. The van der Waals surface area contributed by atoms with Crippen LogP contribution in [-0.2, 0) is 0 Å². The van der Waals surface area contributed by atoms with Gasteiger partial charge in [-0.3, -0.25) is 0 Å². The van der Waals surface area contributed by atoms with Crippen molar-refractivity contribution in [1.29, 1.82) is 0 Å². The molecule has 0 fully saturated rings. The molecular weight excluding hydrogens is 252 g/mol. The highest BCUT2D eigenvalue weighted by molar-refractivity contribution is 6.02. The molecule has 4 nitrogen and oxygen atoms in total. The predicted octanol–water partition coefficient (Wildman–Crippen LogP) is 2.90. The fourth-order valence-corrected chi connectivity index (χ4v) is 1.82. The lowest BCUT2D eigenvalue weighted by atomic mass is 10.1. The van der Waals surface area contributed by atoms with E-state index in [1.807, 2.05) is 24.3 Å². The fourth-order valence-electron chi connectivity index (χ4n) is 1.82. The predicted molar refractivity (Wildman–Crippen MR) is 71.3 cm³/mol. The summed E-state index contributed by atoms with van der Waals surface area (Å²) >= 11 is 0. The van der Waals surface area contributed by atoms with Crippen LogP contribution in [0.5, 0.6) is 0 Å². The minimum Gasteiger partial charge on any atom is -0.478 e. The molecule has 0 spiro atoms. The summed E-state index contributed by atoms with van der Waals surface area (Å²) < 4.78 is 0. The number of fused-ring (bicyclic) bond motifs is 2. The first-order valence-electron chi connectivity index (χ1n) is 5.14. The van der Waals surface area contributed by atoms with E-state index in [2.05, 4.69) is 9.97 Å². The van der Waals surface area contributed by atoms with Gasteiger partial charge in [0.25, 0.3) is 0 Å². The van der Waals surface area contributed by atoms with Crippen LogP contribution in [0.2, 0.25) is 0 Å². The SMILES string of the molecule is Cl.O=C(O)c1cccc2nc3ccccc3nc12. The van der Waals surface area contributed by atoms with Crippen molar-refractivity contribution >= 4 is 40.4 Å². The average molecular weight is 261 g/mol. The van der Waals surface area contributed by atoms with Gasteiger partial charge in [-0.25, -0.2) is 14.8 Å². The molecule has 3 rings (SSSR count). The number of nitrogens with zero attached hydrogens (tertiary/aromatic N) is 2. The van der Waals surface area contributed by atoms with Crippen LogP contribution in [0, 0.1) is 0 Å². The Kier molecular flexibility index (Phi) is 3.12. The van der Waals surface area contributed by atoms with Crippen LogP contribution in [0.25, 0.3) is 22.1 Å². The molecule has 0 saturated carbocycles. The highest BCUT2D eigenvalue weighted by Gasteiger charge is 2.10. The molecule has 3 aromatic rings. The smallest absolute Gasteiger partial charge is 0.337 e. The second kappa shape index (κ2) is 4.58. The van der Waals surface area contributed by atoms with Crippen molar-refractivity contribution in [3.8, 4) is 0 Å². The standard InChI is InChI=1S/C13H8N2O2.ClH/c16-13(17)8-4-3-7-11-12(8)15-10-6-2-1-5-9(10)14-11;/h1-7H,(H,16,17);1H. The Balaban J connectivity index is 0.00000120. The zero-order valence-corrected chi connectivity index (χ0v) is 10.0. The number of carbonyl (C=O) groups is 1. The van der Waals surface area contributed by atoms with E-state index in [9.17, 15) is 4.79 Å². The Morgan fingerprint density at radius 1 is 0.889 bits per heavy atom. The van der Waals surface area contributed by atoms with E-state index >= 15 is 0 Å². The lowest BCUT2D eigenvalue weighted by molar-refractivity contribution is 0.0699. The van der Waals surface area contributed by atoms with Gasteiger partial charge in [-0.2, -0.15) is 0 Å². The normalized spacial score (nSPS) is 10.2. The van der Waals surface area contributed by atoms with E-state index in [0.717, 1.165) is 5.52 Å². The third-order valence-corrected chi connectivity index (χ3v) is 2.60. The van der Waals surface area contributed by atoms with Crippen LogP contribution >= 0.6 is 12.4 Å². The second-order valence-corrected chi connectivity index (χ2v) is 3.69. The summed E-state index contributed by atoms with van der Waals surface area (Å²) in [7, 11) is 0. The lowest BCUT2D eigenvalue weighted by Gasteiger charge is -2.03. The monoisotopic (exact) mass is 260 g/mol. The van der Waals surface area contributed by atoms with E-state index in [-0.39, 0.29) is 18.0 Å². The van der Waals surface area contributed by atoms with Gasteiger partial charge in [0.1, 0.15) is 5.52 Å². The second-order valence-electron chi connectivity index (χ2n) is 3.69. The zero-order valence-electron chi connectivity index (χ0n) is 9.20. The third-order valence-electron chi connectivity index (χ3n) is 2.60. The van der Waals surface area contributed by atoms with Crippen molar-refractivity contribution in [1.82, 2.24) is 9.97 Å². The molecule has 1 heterocycles. The topological polar surface area (TPSA) is 63.1 Å². The lowest BCUT2D eigenvalue weighted by Crippen LogP contribution is -1.99. The average Bonchev–Trinajstić information content (AvgIpc) is 2.35. The maximum atomic E-state index is 11.1. The molecule has 0 bridgehead atoms. The highest BCUT2D eigenvalue weighted by Crippen LogP contribution is 2.19. The molecule has 5 heteroatoms. The molecular formula is C13H9ClN2O2. The van der Waals surface area contributed by atoms with Crippen molar-refractivity contribution < 1.29 is 9.90 Å². The van der Waals surface area contributed by atoms with Crippen LogP contribution in [-0.4, -0.2) is 21.0 Å². The van der Waals surface area contributed by atoms with Gasteiger partial charge in [-0.15, -0.1) is 12.4 Å². The Morgan fingerprint density at radius 2 is 1.50 bits per heavy atom. The van der Waals surface area contributed by atoms with Gasteiger partial charge in [0.05, 0.1) is 22.1 Å². The molecule has 0 radical (unpaired) electrons. The summed E-state index contributed by atoms with van der Waals surface area (Å²) in [5.41, 5.74) is 2.68. The van der Waals surface area contributed by atoms with Crippen molar-refractivity contribution in [2.24, 2.45) is 0 Å². The number of carboxylic acids is 1. The van der Waals surface area contributed by atoms with Crippen LogP contribution < -0.4 is 0 Å². The number of rotatable bonds is 1. The van der Waals surface area contributed by atoms with Crippen molar-refractivity contribution in [2.75, 3.05) is 0 Å². The minimum absolute atomic E-state index is 0. The number of para-hydroxylation sites is 3. The van der Waals surface area contributed by atoms with Crippen LogP contribution in [0.3, 0.4) is 0 Å². The van der Waals surface area contributed by atoms with Crippen LogP contribution in [0.1, 0.15) is 10.4 Å². The molecule has 0 aliphatic rings. The van der Waals surface area contributed by atoms with Crippen molar-refractivity contribution in [3.63, 3.8) is 0 Å². The van der Waals surface area contributed by atoms with Gasteiger partial charge in [-0.1, -0.05) is 18.2 Å². The zero-order chi connectivity index (χ0) is 11.8. The maximum Gasteiger partial charge on any atom is 0.337 e. The summed E-state index contributed by atoms with van der Waals surface area (Å²) in [5.74, 6) is -0.986. The highest BCUT2D eigenvalue weighted by atomic mass is 35.5. The van der Waals surface area contributed by atoms with Crippen LogP contribution in [0.15, 0.2) is 42.5 Å². The number of hydrogen-bond donors (Lipinski definition) is 1. The number of carboxylic acid groups (broad SMARTS) is 1. The van der Waals surface area contributed by atoms with Gasteiger partial charge in [0.15, 0.2) is 0 Å². The Labute approximate surface area is 109 Å². The number of aromatic carboxylic acids is 1. The van der Waals surface area contributed by atoms with E-state index in [1.54, 1.807) is 12.1 Å². The van der Waals surface area contributed by atoms with Crippen LogP contribution in [0.4, 0.5) is 0 Å². The first kappa shape index (κ1) is 12.3. The first-order chi connectivity index (χ1) is 8.25. The molecule has 18 heavy (non-hydrogen) atoms. The minimum atomic E-state index is -0.986. The molecule has 0 aliphatic carbocycles. The van der Waals surface area contributed by atoms with Gasteiger partial charge in [0, 0.05) is 0 Å². The summed E-state index contributed by atoms with van der Waals surface area (Å²) in [6, 6.07) is 12.4. The number of hydrogen-bond acceptors (Lipinski definition) is 3. The molecule has 2 aromatic carbocycles. The molecule has 90 valence electrons. The molecule has 0 aliphatic heterocycles. The maximum absolute atomic E-state index is 11.1. The number of halogens is 1. The van der Waals surface area contributed by atoms with Gasteiger partial charge in [0.2, 0.25) is 0 Å². The largest absolute Gasteiger partial charge is 0.478 e. The molecule has 1 aromatic heterocycles. The summed E-state index contributed by atoms with van der Waals surface area (Å²) in [6.07, 6.45) is 0. The molecule has 0 unspecified atom stereocenters. The van der Waals surface area contributed by atoms with E-state index < -0.39 is 5.97 Å².